The number of benzene rings is 3. The van der Waals surface area contributed by atoms with Crippen molar-refractivity contribution in [3.8, 4) is 28.3 Å². The van der Waals surface area contributed by atoms with Crippen molar-refractivity contribution in [2.45, 2.75) is 25.1 Å². The number of carboxylic acids is 1. The minimum atomic E-state index is -4.66. The number of alkyl halides is 3. The molecule has 0 saturated carbocycles. The molecule has 8 nitrogen and oxygen atoms in total. The van der Waals surface area contributed by atoms with Gasteiger partial charge in [0, 0.05) is 42.5 Å². The molecule has 7 rings (SSSR count). The highest BCUT2D eigenvalue weighted by Gasteiger charge is 2.39. The highest BCUT2D eigenvalue weighted by atomic mass is 19.4. The average Bonchev–Trinajstić information content (AvgIpc) is 3.43. The second kappa shape index (κ2) is 11.7. The number of aromatic nitrogens is 4. The Morgan fingerprint density at radius 2 is 1.68 bits per heavy atom. The number of imidazole rings is 1. The fraction of sp³-hybridized carbons (Fsp3) is 0.167. The van der Waals surface area contributed by atoms with Crippen LogP contribution >= 0.6 is 0 Å². The largest absolute Gasteiger partial charge is 0.478 e. The second-order valence-corrected chi connectivity index (χ2v) is 11.6. The van der Waals surface area contributed by atoms with E-state index in [0.29, 0.717) is 41.5 Å². The van der Waals surface area contributed by atoms with Crippen LogP contribution in [0.4, 0.5) is 19.0 Å². The number of nitrogen functional groups attached to an aromatic ring is 1. The zero-order valence-corrected chi connectivity index (χ0v) is 25.2. The number of fused-ring (bicyclic) bond motifs is 1. The van der Waals surface area contributed by atoms with Gasteiger partial charge < -0.3 is 10.8 Å². The number of likely N-dealkylation sites (tertiary alicyclic amines) is 1. The van der Waals surface area contributed by atoms with E-state index in [0.717, 1.165) is 28.6 Å². The van der Waals surface area contributed by atoms with Gasteiger partial charge in [-0.25, -0.2) is 19.7 Å². The first-order valence-corrected chi connectivity index (χ1v) is 15.0. The van der Waals surface area contributed by atoms with Crippen molar-refractivity contribution >= 4 is 23.0 Å². The molecule has 1 aliphatic rings. The summed E-state index contributed by atoms with van der Waals surface area (Å²) in [4.78, 5) is 27.4. The average molecular weight is 635 g/mol. The summed E-state index contributed by atoms with van der Waals surface area (Å²) in [5, 5.41) is 9.21. The molecule has 6 aromatic rings. The number of nitrogens with two attached hydrogens (primary N) is 1. The lowest BCUT2D eigenvalue weighted by Crippen LogP contribution is -2.46. The van der Waals surface area contributed by atoms with E-state index < -0.39 is 23.8 Å². The Hall–Kier alpha value is -5.55. The number of hydrogen-bond donors (Lipinski definition) is 2. The summed E-state index contributed by atoms with van der Waals surface area (Å²) < 4.78 is 43.6. The lowest BCUT2D eigenvalue weighted by atomic mass is 9.87. The van der Waals surface area contributed by atoms with Crippen LogP contribution in [0.1, 0.15) is 45.9 Å². The molecule has 0 unspecified atom stereocenters. The molecule has 1 saturated heterocycles. The van der Waals surface area contributed by atoms with E-state index in [1.807, 2.05) is 88.3 Å². The lowest BCUT2D eigenvalue weighted by molar-refractivity contribution is -0.139. The van der Waals surface area contributed by atoms with Gasteiger partial charge in [0.25, 0.3) is 0 Å². The number of halogens is 3. The normalized spacial score (nSPS) is 14.6. The topological polar surface area (TPSA) is 110 Å². The highest BCUT2D eigenvalue weighted by Crippen LogP contribution is 2.41. The maximum Gasteiger partial charge on any atom is 0.416 e. The Morgan fingerprint density at radius 1 is 0.936 bits per heavy atom. The minimum absolute atomic E-state index is 0.0628. The molecule has 236 valence electrons. The molecule has 0 aliphatic carbocycles. The summed E-state index contributed by atoms with van der Waals surface area (Å²) in [5.74, 6) is -0.322. The first kappa shape index (κ1) is 30.1. The first-order valence-electron chi connectivity index (χ1n) is 15.0. The minimum Gasteiger partial charge on any atom is -0.478 e. The number of carboxylic acid groups (broad SMARTS) is 1. The van der Waals surface area contributed by atoms with Gasteiger partial charge in [0.1, 0.15) is 11.3 Å². The number of aromatic carboxylic acids is 1. The number of carbonyl (C=O) groups is 1. The van der Waals surface area contributed by atoms with Crippen LogP contribution in [-0.2, 0) is 6.18 Å². The van der Waals surface area contributed by atoms with Crippen LogP contribution in [-0.4, -0.2) is 48.6 Å². The Labute approximate surface area is 268 Å². The molecule has 47 heavy (non-hydrogen) atoms. The Morgan fingerprint density at radius 3 is 2.36 bits per heavy atom. The zero-order chi connectivity index (χ0) is 32.9. The molecule has 1 aliphatic heterocycles. The highest BCUT2D eigenvalue weighted by molar-refractivity contribution is 5.88. The second-order valence-electron chi connectivity index (χ2n) is 11.6. The van der Waals surface area contributed by atoms with Crippen LogP contribution in [0.2, 0.25) is 0 Å². The van der Waals surface area contributed by atoms with Crippen molar-refractivity contribution in [1.29, 1.82) is 0 Å². The van der Waals surface area contributed by atoms with Crippen molar-refractivity contribution in [3.05, 3.63) is 126 Å². The SMILES string of the molecule is C[C@H](c1ccc(C(=O)O)cc1C(F)(F)F)N1CC(c2ccc(-n3c(-c4cccnc4N)nc4ccc(-c5ccccc5)nc43)cc2)C1. The molecule has 3 aromatic carbocycles. The van der Waals surface area contributed by atoms with Gasteiger partial charge >= 0.3 is 12.1 Å². The molecule has 4 heterocycles. The van der Waals surface area contributed by atoms with Crippen LogP contribution in [0.3, 0.4) is 0 Å². The summed E-state index contributed by atoms with van der Waals surface area (Å²) >= 11 is 0. The van der Waals surface area contributed by atoms with Crippen molar-refractivity contribution in [3.63, 3.8) is 0 Å². The Kier molecular flexibility index (Phi) is 7.48. The molecule has 0 amide bonds. The predicted molar refractivity (Wildman–Crippen MR) is 173 cm³/mol. The molecule has 3 N–H and O–H groups in total. The summed E-state index contributed by atoms with van der Waals surface area (Å²) in [6.45, 7) is 2.84. The number of rotatable bonds is 7. The molecule has 0 bridgehead atoms. The van der Waals surface area contributed by atoms with Gasteiger partial charge in [-0.15, -0.1) is 0 Å². The lowest BCUT2D eigenvalue weighted by Gasteiger charge is -2.44. The first-order chi connectivity index (χ1) is 22.6. The van der Waals surface area contributed by atoms with Crippen LogP contribution in [0.15, 0.2) is 103 Å². The van der Waals surface area contributed by atoms with Gasteiger partial charge in [-0.2, -0.15) is 13.2 Å². The van der Waals surface area contributed by atoms with E-state index in [1.54, 1.807) is 13.1 Å². The molecule has 0 spiro atoms. The fourth-order valence-corrected chi connectivity index (χ4v) is 6.19. The van der Waals surface area contributed by atoms with Crippen LogP contribution in [0.5, 0.6) is 0 Å². The number of anilines is 1. The van der Waals surface area contributed by atoms with Gasteiger partial charge in [0.05, 0.1) is 22.4 Å². The smallest absolute Gasteiger partial charge is 0.416 e. The molecule has 3 aromatic heterocycles. The quantitative estimate of drug-likeness (QED) is 0.186. The number of pyridine rings is 2. The van der Waals surface area contributed by atoms with E-state index in [2.05, 4.69) is 4.98 Å². The Balaban J connectivity index is 1.18. The van der Waals surface area contributed by atoms with Crippen molar-refractivity contribution < 1.29 is 23.1 Å². The van der Waals surface area contributed by atoms with E-state index >= 15 is 0 Å². The molecule has 1 atom stereocenters. The molecule has 0 radical (unpaired) electrons. The van der Waals surface area contributed by atoms with E-state index in [-0.39, 0.29) is 17.0 Å². The molecule has 1 fully saturated rings. The third kappa shape index (κ3) is 5.59. The Bertz CT molecular complexity index is 2110. The standard InChI is InChI=1S/C36H29F3N6O2/c1-21(27-14-11-24(35(46)47)18-29(27)36(37,38)39)44-19-25(20-44)22-9-12-26(13-10-22)45-33(28-8-5-17-41-32(28)40)43-31-16-15-30(42-34(31)45)23-6-3-2-4-7-23/h2-18,21,25H,19-20H2,1H3,(H2,40,41)(H,46,47)/t21-/m1/s1. The van der Waals surface area contributed by atoms with Crippen LogP contribution in [0, 0.1) is 0 Å². The zero-order valence-electron chi connectivity index (χ0n) is 25.2. The van der Waals surface area contributed by atoms with Gasteiger partial charge in [-0.1, -0.05) is 48.5 Å². The third-order valence-corrected chi connectivity index (χ3v) is 8.79. The maximum absolute atomic E-state index is 13.9. The van der Waals surface area contributed by atoms with Gasteiger partial charge in [0.15, 0.2) is 11.5 Å². The maximum atomic E-state index is 13.9. The number of nitrogens with zero attached hydrogens (tertiary/aromatic N) is 5. The summed E-state index contributed by atoms with van der Waals surface area (Å²) in [6.07, 6.45) is -3.03. The monoisotopic (exact) mass is 634 g/mol. The van der Waals surface area contributed by atoms with Gasteiger partial charge in [-0.3, -0.25) is 9.47 Å². The fourth-order valence-electron chi connectivity index (χ4n) is 6.19. The van der Waals surface area contributed by atoms with Gasteiger partial charge in [-0.05, 0) is 66.6 Å². The van der Waals surface area contributed by atoms with Crippen LogP contribution < -0.4 is 5.73 Å². The summed E-state index contributed by atoms with van der Waals surface area (Å²) in [7, 11) is 0. The summed E-state index contributed by atoms with van der Waals surface area (Å²) in [6, 6.07) is 28.1. The predicted octanol–water partition coefficient (Wildman–Crippen LogP) is 7.61. The van der Waals surface area contributed by atoms with Crippen molar-refractivity contribution in [1.82, 2.24) is 24.4 Å². The molecular formula is C36H29F3N6O2. The van der Waals surface area contributed by atoms with E-state index in [9.17, 15) is 23.1 Å². The summed E-state index contributed by atoms with van der Waals surface area (Å²) in [5.41, 5.74) is 10.7. The molecular weight excluding hydrogens is 605 g/mol. The van der Waals surface area contributed by atoms with E-state index in [4.69, 9.17) is 15.7 Å². The van der Waals surface area contributed by atoms with Crippen molar-refractivity contribution in [2.75, 3.05) is 18.8 Å². The van der Waals surface area contributed by atoms with Crippen LogP contribution in [0.25, 0.3) is 39.5 Å². The van der Waals surface area contributed by atoms with Crippen molar-refractivity contribution in [2.24, 2.45) is 0 Å². The molecule has 11 heteroatoms. The van der Waals surface area contributed by atoms with E-state index in [1.165, 1.54) is 12.1 Å². The van der Waals surface area contributed by atoms with Gasteiger partial charge in [0.2, 0.25) is 0 Å². The third-order valence-electron chi connectivity index (χ3n) is 8.79. The number of hydrogen-bond acceptors (Lipinski definition) is 6.